The highest BCUT2D eigenvalue weighted by atomic mass is 16.6. The van der Waals surface area contributed by atoms with Gasteiger partial charge >= 0.3 is 5.69 Å². The van der Waals surface area contributed by atoms with E-state index in [1.165, 1.54) is 0 Å². The number of rotatable bonds is 8. The third kappa shape index (κ3) is 4.43. The van der Waals surface area contributed by atoms with Gasteiger partial charge in [-0.2, -0.15) is 0 Å². The average molecular weight is 265 g/mol. The molecular weight excluding hydrogens is 242 g/mol. The van der Waals surface area contributed by atoms with Gasteiger partial charge < -0.3 is 10.6 Å². The van der Waals surface area contributed by atoms with Crippen LogP contribution in [0.1, 0.15) is 33.6 Å². The van der Waals surface area contributed by atoms with Crippen LogP contribution in [0.3, 0.4) is 0 Å². The van der Waals surface area contributed by atoms with E-state index in [9.17, 15) is 10.1 Å². The summed E-state index contributed by atoms with van der Waals surface area (Å²) in [4.78, 5) is 10.9. The van der Waals surface area contributed by atoms with Crippen LogP contribution >= 0.6 is 0 Å². The van der Waals surface area contributed by atoms with Crippen molar-refractivity contribution >= 4 is 17.1 Å². The van der Waals surface area contributed by atoms with Crippen LogP contribution in [-0.4, -0.2) is 18.0 Å². The van der Waals surface area contributed by atoms with E-state index in [-0.39, 0.29) is 10.6 Å². The van der Waals surface area contributed by atoms with Crippen LogP contribution in [0.15, 0.2) is 18.2 Å². The molecule has 0 saturated carbocycles. The molecule has 0 spiro atoms. The summed E-state index contributed by atoms with van der Waals surface area (Å²) in [5, 5.41) is 17.5. The molecule has 1 atom stereocenters. The Kier molecular flexibility index (Phi) is 6.12. The minimum Gasteiger partial charge on any atom is -0.379 e. The monoisotopic (exact) mass is 265 g/mol. The highest BCUT2D eigenvalue weighted by Gasteiger charge is 2.19. The van der Waals surface area contributed by atoms with Gasteiger partial charge in [-0.25, -0.2) is 0 Å². The third-order valence-electron chi connectivity index (χ3n) is 3.12. The van der Waals surface area contributed by atoms with Crippen LogP contribution in [0.2, 0.25) is 0 Å². The predicted octanol–water partition coefficient (Wildman–Crippen LogP) is 3.87. The predicted molar refractivity (Wildman–Crippen MR) is 79.8 cm³/mol. The molecule has 0 amide bonds. The fourth-order valence-corrected chi connectivity index (χ4v) is 1.71. The minimum absolute atomic E-state index is 0.138. The van der Waals surface area contributed by atoms with Crippen molar-refractivity contribution in [2.75, 3.05) is 23.7 Å². The van der Waals surface area contributed by atoms with E-state index in [0.29, 0.717) is 17.3 Å². The zero-order chi connectivity index (χ0) is 14.3. The molecule has 0 saturated heterocycles. The molecule has 0 bridgehead atoms. The van der Waals surface area contributed by atoms with Crippen LogP contribution in [0.5, 0.6) is 0 Å². The maximum Gasteiger partial charge on any atom is 0.315 e. The van der Waals surface area contributed by atoms with Gasteiger partial charge in [0.2, 0.25) is 0 Å². The van der Waals surface area contributed by atoms with Crippen molar-refractivity contribution in [3.8, 4) is 0 Å². The van der Waals surface area contributed by atoms with Gasteiger partial charge in [0.25, 0.3) is 0 Å². The second kappa shape index (κ2) is 7.61. The maximum absolute atomic E-state index is 11.2. The SMILES string of the molecule is CCCNc1cccc(NCC(C)CC)c1[N+](=O)[O-]. The molecule has 0 radical (unpaired) electrons. The lowest BCUT2D eigenvalue weighted by atomic mass is 10.1. The average Bonchev–Trinajstić information content (AvgIpc) is 2.41. The lowest BCUT2D eigenvalue weighted by Gasteiger charge is -2.13. The molecule has 0 aliphatic heterocycles. The van der Waals surface area contributed by atoms with Gasteiger partial charge in [0, 0.05) is 13.1 Å². The number of hydrogen-bond acceptors (Lipinski definition) is 4. The molecule has 1 unspecified atom stereocenters. The molecule has 0 aliphatic carbocycles. The molecule has 0 aromatic heterocycles. The first-order valence-electron chi connectivity index (χ1n) is 6.85. The Bertz CT molecular complexity index is 421. The van der Waals surface area contributed by atoms with Crippen molar-refractivity contribution in [2.24, 2.45) is 5.92 Å². The Morgan fingerprint density at radius 2 is 1.89 bits per heavy atom. The zero-order valence-electron chi connectivity index (χ0n) is 11.9. The Morgan fingerprint density at radius 1 is 1.26 bits per heavy atom. The molecule has 1 aromatic carbocycles. The van der Waals surface area contributed by atoms with Gasteiger partial charge in [-0.3, -0.25) is 10.1 Å². The van der Waals surface area contributed by atoms with E-state index in [1.807, 2.05) is 13.0 Å². The van der Waals surface area contributed by atoms with Crippen LogP contribution in [0, 0.1) is 16.0 Å². The second-order valence-corrected chi connectivity index (χ2v) is 4.78. The van der Waals surface area contributed by atoms with Crippen LogP contribution < -0.4 is 10.6 Å². The number of anilines is 2. The summed E-state index contributed by atoms with van der Waals surface area (Å²) in [6.07, 6.45) is 1.98. The van der Waals surface area contributed by atoms with Gasteiger partial charge in [0.05, 0.1) is 4.92 Å². The summed E-state index contributed by atoms with van der Waals surface area (Å²) >= 11 is 0. The molecule has 2 N–H and O–H groups in total. The number of para-hydroxylation sites is 1. The normalized spacial score (nSPS) is 11.9. The Labute approximate surface area is 114 Å². The zero-order valence-corrected chi connectivity index (χ0v) is 11.9. The third-order valence-corrected chi connectivity index (χ3v) is 3.12. The number of nitro benzene ring substituents is 1. The lowest BCUT2D eigenvalue weighted by molar-refractivity contribution is -0.383. The van der Waals surface area contributed by atoms with Crippen molar-refractivity contribution in [1.82, 2.24) is 0 Å². The van der Waals surface area contributed by atoms with Crippen molar-refractivity contribution in [1.29, 1.82) is 0 Å². The molecule has 0 heterocycles. The van der Waals surface area contributed by atoms with Crippen LogP contribution in [0.4, 0.5) is 17.1 Å². The molecule has 106 valence electrons. The van der Waals surface area contributed by atoms with Gasteiger partial charge in [0.15, 0.2) is 0 Å². The van der Waals surface area contributed by atoms with E-state index < -0.39 is 0 Å². The molecule has 1 rings (SSSR count). The van der Waals surface area contributed by atoms with Gasteiger partial charge in [0.1, 0.15) is 11.4 Å². The summed E-state index contributed by atoms with van der Waals surface area (Å²) in [5.74, 6) is 0.492. The first kappa shape index (κ1) is 15.3. The number of nitro groups is 1. The number of hydrogen-bond donors (Lipinski definition) is 2. The first-order valence-corrected chi connectivity index (χ1v) is 6.85. The first-order chi connectivity index (χ1) is 9.10. The van der Waals surface area contributed by atoms with Crippen molar-refractivity contribution < 1.29 is 4.92 Å². The fraction of sp³-hybridized carbons (Fsp3) is 0.571. The summed E-state index contributed by atoms with van der Waals surface area (Å²) in [6.45, 7) is 7.74. The van der Waals surface area contributed by atoms with E-state index in [1.54, 1.807) is 12.1 Å². The molecule has 5 heteroatoms. The van der Waals surface area contributed by atoms with Crippen LogP contribution in [-0.2, 0) is 0 Å². The Hall–Kier alpha value is -1.78. The van der Waals surface area contributed by atoms with E-state index >= 15 is 0 Å². The van der Waals surface area contributed by atoms with Gasteiger partial charge in [-0.15, -0.1) is 0 Å². The number of nitrogens with zero attached hydrogens (tertiary/aromatic N) is 1. The molecule has 1 aromatic rings. The van der Waals surface area contributed by atoms with E-state index in [4.69, 9.17) is 0 Å². The number of benzene rings is 1. The van der Waals surface area contributed by atoms with E-state index in [2.05, 4.69) is 24.5 Å². The van der Waals surface area contributed by atoms with Crippen molar-refractivity contribution in [2.45, 2.75) is 33.6 Å². The Balaban J connectivity index is 2.92. The topological polar surface area (TPSA) is 67.2 Å². The standard InChI is InChI=1S/C14H23N3O2/c1-4-9-15-12-7-6-8-13(14(12)17(18)19)16-10-11(3)5-2/h6-8,11,15-16H,4-5,9-10H2,1-3H3. The molecule has 0 aliphatic rings. The van der Waals surface area contributed by atoms with E-state index in [0.717, 1.165) is 25.9 Å². The quantitative estimate of drug-likeness (QED) is 0.553. The lowest BCUT2D eigenvalue weighted by Crippen LogP contribution is -2.12. The number of nitrogens with one attached hydrogen (secondary N) is 2. The van der Waals surface area contributed by atoms with Gasteiger partial charge in [-0.1, -0.05) is 33.3 Å². The smallest absolute Gasteiger partial charge is 0.315 e. The fourth-order valence-electron chi connectivity index (χ4n) is 1.71. The Morgan fingerprint density at radius 3 is 2.42 bits per heavy atom. The second-order valence-electron chi connectivity index (χ2n) is 4.78. The molecule has 0 fully saturated rings. The molecular formula is C14H23N3O2. The molecule has 19 heavy (non-hydrogen) atoms. The summed E-state index contributed by atoms with van der Waals surface area (Å²) in [6, 6.07) is 5.35. The summed E-state index contributed by atoms with van der Waals surface area (Å²) < 4.78 is 0. The van der Waals surface area contributed by atoms with Crippen molar-refractivity contribution in [3.05, 3.63) is 28.3 Å². The largest absolute Gasteiger partial charge is 0.379 e. The molecule has 5 nitrogen and oxygen atoms in total. The summed E-state index contributed by atoms with van der Waals surface area (Å²) in [7, 11) is 0. The van der Waals surface area contributed by atoms with Crippen LogP contribution in [0.25, 0.3) is 0 Å². The minimum atomic E-state index is -0.322. The van der Waals surface area contributed by atoms with Crippen molar-refractivity contribution in [3.63, 3.8) is 0 Å². The maximum atomic E-state index is 11.2. The van der Waals surface area contributed by atoms with Gasteiger partial charge in [-0.05, 0) is 24.5 Å². The highest BCUT2D eigenvalue weighted by molar-refractivity contribution is 5.76. The summed E-state index contributed by atoms with van der Waals surface area (Å²) in [5.41, 5.74) is 1.31. The highest BCUT2D eigenvalue weighted by Crippen LogP contribution is 2.32.